The number of nitrogens with zero attached hydrogens (tertiary/aromatic N) is 1. The fourth-order valence-electron chi connectivity index (χ4n) is 1.66. The molecule has 1 aromatic carbocycles. The first-order chi connectivity index (χ1) is 7.60. The molecular formula is C12H18F2N2. The SMILES string of the molecule is CCCCN(CC)c1c(F)cc(N)cc1F. The minimum absolute atomic E-state index is 0.0325. The third kappa shape index (κ3) is 2.84. The predicted molar refractivity (Wildman–Crippen MR) is 63.6 cm³/mol. The highest BCUT2D eigenvalue weighted by Gasteiger charge is 2.15. The summed E-state index contributed by atoms with van der Waals surface area (Å²) in [6, 6.07) is 2.32. The Hall–Kier alpha value is -1.32. The number of nitrogen functional groups attached to an aromatic ring is 1. The van der Waals surface area contributed by atoms with Crippen molar-refractivity contribution >= 4 is 11.4 Å². The van der Waals surface area contributed by atoms with Crippen molar-refractivity contribution in [2.24, 2.45) is 0 Å². The van der Waals surface area contributed by atoms with Gasteiger partial charge in [-0.05, 0) is 25.5 Å². The first-order valence-corrected chi connectivity index (χ1v) is 5.59. The van der Waals surface area contributed by atoms with Crippen molar-refractivity contribution in [1.82, 2.24) is 0 Å². The molecule has 0 saturated heterocycles. The van der Waals surface area contributed by atoms with Gasteiger partial charge in [-0.15, -0.1) is 0 Å². The zero-order valence-corrected chi connectivity index (χ0v) is 9.76. The lowest BCUT2D eigenvalue weighted by molar-refractivity contribution is 0.569. The van der Waals surface area contributed by atoms with Gasteiger partial charge in [-0.25, -0.2) is 8.78 Å². The number of anilines is 2. The molecule has 90 valence electrons. The van der Waals surface area contributed by atoms with E-state index in [0.717, 1.165) is 25.0 Å². The van der Waals surface area contributed by atoms with Crippen LogP contribution in [0.25, 0.3) is 0 Å². The minimum atomic E-state index is -0.588. The molecule has 1 rings (SSSR count). The molecule has 0 aliphatic carbocycles. The summed E-state index contributed by atoms with van der Waals surface area (Å²) in [6.45, 7) is 5.16. The average molecular weight is 228 g/mol. The van der Waals surface area contributed by atoms with Crippen LogP contribution in [0.4, 0.5) is 20.2 Å². The number of rotatable bonds is 5. The zero-order chi connectivity index (χ0) is 12.1. The van der Waals surface area contributed by atoms with E-state index in [1.165, 1.54) is 0 Å². The number of hydrogen-bond acceptors (Lipinski definition) is 2. The Labute approximate surface area is 95.1 Å². The van der Waals surface area contributed by atoms with Crippen LogP contribution < -0.4 is 10.6 Å². The largest absolute Gasteiger partial charge is 0.399 e. The Morgan fingerprint density at radius 2 is 1.75 bits per heavy atom. The van der Waals surface area contributed by atoms with Gasteiger partial charge in [-0.2, -0.15) is 0 Å². The van der Waals surface area contributed by atoms with Crippen molar-refractivity contribution in [2.75, 3.05) is 23.7 Å². The first-order valence-electron chi connectivity index (χ1n) is 5.59. The summed E-state index contributed by atoms with van der Waals surface area (Å²) in [5, 5.41) is 0. The van der Waals surface area contributed by atoms with Crippen LogP contribution in [-0.4, -0.2) is 13.1 Å². The molecule has 0 aromatic heterocycles. The lowest BCUT2D eigenvalue weighted by atomic mass is 10.2. The number of halogens is 2. The molecule has 0 aliphatic heterocycles. The van der Waals surface area contributed by atoms with Crippen LogP contribution >= 0.6 is 0 Å². The normalized spacial score (nSPS) is 10.5. The van der Waals surface area contributed by atoms with Crippen molar-refractivity contribution in [3.63, 3.8) is 0 Å². The minimum Gasteiger partial charge on any atom is -0.399 e. The molecule has 4 heteroatoms. The second kappa shape index (κ2) is 5.68. The van der Waals surface area contributed by atoms with E-state index in [9.17, 15) is 8.78 Å². The summed E-state index contributed by atoms with van der Waals surface area (Å²) in [4.78, 5) is 1.70. The van der Waals surface area contributed by atoms with Crippen molar-refractivity contribution in [3.05, 3.63) is 23.8 Å². The summed E-state index contributed by atoms with van der Waals surface area (Å²) in [7, 11) is 0. The molecule has 0 atom stereocenters. The number of nitrogens with two attached hydrogens (primary N) is 1. The molecule has 2 N–H and O–H groups in total. The average Bonchev–Trinajstić information content (AvgIpc) is 2.21. The Balaban J connectivity index is 2.99. The van der Waals surface area contributed by atoms with Crippen LogP contribution in [0.2, 0.25) is 0 Å². The summed E-state index contributed by atoms with van der Waals surface area (Å²) in [5.41, 5.74) is 5.52. The van der Waals surface area contributed by atoms with Crippen molar-refractivity contribution in [3.8, 4) is 0 Å². The molecular weight excluding hydrogens is 210 g/mol. The van der Waals surface area contributed by atoms with E-state index in [4.69, 9.17) is 5.73 Å². The van der Waals surface area contributed by atoms with Gasteiger partial charge in [0.25, 0.3) is 0 Å². The standard InChI is InChI=1S/C12H18F2N2/c1-3-5-6-16(4-2)12-10(13)7-9(15)8-11(12)14/h7-8H,3-6,15H2,1-2H3. The molecule has 0 fully saturated rings. The van der Waals surface area contributed by atoms with Gasteiger partial charge >= 0.3 is 0 Å². The molecule has 0 spiro atoms. The van der Waals surface area contributed by atoms with Gasteiger partial charge in [0.15, 0.2) is 11.6 Å². The Kier molecular flexibility index (Phi) is 4.52. The summed E-state index contributed by atoms with van der Waals surface area (Å²) in [6.07, 6.45) is 1.91. The predicted octanol–water partition coefficient (Wildman–Crippen LogP) is 3.17. The van der Waals surface area contributed by atoms with E-state index in [-0.39, 0.29) is 11.4 Å². The fraction of sp³-hybridized carbons (Fsp3) is 0.500. The van der Waals surface area contributed by atoms with E-state index in [1.54, 1.807) is 4.90 Å². The van der Waals surface area contributed by atoms with Gasteiger partial charge in [0.2, 0.25) is 0 Å². The molecule has 0 heterocycles. The second-order valence-electron chi connectivity index (χ2n) is 3.77. The van der Waals surface area contributed by atoms with Gasteiger partial charge in [0.1, 0.15) is 5.69 Å². The Morgan fingerprint density at radius 1 is 1.19 bits per heavy atom. The number of benzene rings is 1. The highest BCUT2D eigenvalue weighted by atomic mass is 19.1. The molecule has 1 aromatic rings. The monoisotopic (exact) mass is 228 g/mol. The van der Waals surface area contributed by atoms with Crippen LogP contribution in [0.1, 0.15) is 26.7 Å². The topological polar surface area (TPSA) is 29.3 Å². The third-order valence-electron chi connectivity index (χ3n) is 2.52. The molecule has 2 nitrogen and oxygen atoms in total. The smallest absolute Gasteiger partial charge is 0.151 e. The van der Waals surface area contributed by atoms with Crippen molar-refractivity contribution in [1.29, 1.82) is 0 Å². The first kappa shape index (κ1) is 12.7. The lowest BCUT2D eigenvalue weighted by Gasteiger charge is -2.24. The van der Waals surface area contributed by atoms with Crippen molar-refractivity contribution in [2.45, 2.75) is 26.7 Å². The number of unbranched alkanes of at least 4 members (excludes halogenated alkanes) is 1. The van der Waals surface area contributed by atoms with Gasteiger partial charge in [-0.1, -0.05) is 13.3 Å². The summed E-state index contributed by atoms with van der Waals surface area (Å²) < 4.78 is 27.2. The van der Waals surface area contributed by atoms with Crippen LogP contribution in [0, 0.1) is 11.6 Å². The molecule has 0 bridgehead atoms. The van der Waals surface area contributed by atoms with E-state index >= 15 is 0 Å². The fourth-order valence-corrected chi connectivity index (χ4v) is 1.66. The lowest BCUT2D eigenvalue weighted by Crippen LogP contribution is -2.26. The maximum absolute atomic E-state index is 13.6. The van der Waals surface area contributed by atoms with E-state index in [2.05, 4.69) is 0 Å². The van der Waals surface area contributed by atoms with Crippen LogP contribution in [-0.2, 0) is 0 Å². The van der Waals surface area contributed by atoms with Gasteiger partial charge in [-0.3, -0.25) is 0 Å². The quantitative estimate of drug-likeness (QED) is 0.784. The third-order valence-corrected chi connectivity index (χ3v) is 2.52. The highest BCUT2D eigenvalue weighted by molar-refractivity contribution is 5.55. The Bertz CT molecular complexity index is 330. The molecule has 0 saturated carbocycles. The molecule has 0 amide bonds. The molecule has 0 aliphatic rings. The van der Waals surface area contributed by atoms with Crippen LogP contribution in [0.3, 0.4) is 0 Å². The molecule has 0 unspecified atom stereocenters. The van der Waals surface area contributed by atoms with Gasteiger partial charge in [0.05, 0.1) is 0 Å². The van der Waals surface area contributed by atoms with Gasteiger partial charge < -0.3 is 10.6 Å². The van der Waals surface area contributed by atoms with E-state index in [1.807, 2.05) is 13.8 Å². The van der Waals surface area contributed by atoms with Crippen LogP contribution in [0.5, 0.6) is 0 Å². The molecule has 0 radical (unpaired) electrons. The summed E-state index contributed by atoms with van der Waals surface area (Å²) >= 11 is 0. The Morgan fingerprint density at radius 3 is 2.19 bits per heavy atom. The van der Waals surface area contributed by atoms with E-state index in [0.29, 0.717) is 13.1 Å². The van der Waals surface area contributed by atoms with E-state index < -0.39 is 11.6 Å². The maximum atomic E-state index is 13.6. The zero-order valence-electron chi connectivity index (χ0n) is 9.76. The maximum Gasteiger partial charge on any atom is 0.151 e. The van der Waals surface area contributed by atoms with Crippen molar-refractivity contribution < 1.29 is 8.78 Å². The highest BCUT2D eigenvalue weighted by Crippen LogP contribution is 2.26. The van der Waals surface area contributed by atoms with Gasteiger partial charge in [0, 0.05) is 18.8 Å². The molecule has 16 heavy (non-hydrogen) atoms. The number of hydrogen-bond donors (Lipinski definition) is 1. The summed E-state index contributed by atoms with van der Waals surface area (Å²) in [5.74, 6) is -1.18. The van der Waals surface area contributed by atoms with Crippen LogP contribution in [0.15, 0.2) is 12.1 Å². The second-order valence-corrected chi connectivity index (χ2v) is 3.77.